The fourth-order valence-corrected chi connectivity index (χ4v) is 13.6. The quantitative estimate of drug-likeness (QED) is 0.0513. The van der Waals surface area contributed by atoms with E-state index >= 15 is 0 Å². The third kappa shape index (κ3) is 8.81. The van der Waals surface area contributed by atoms with E-state index in [1.807, 2.05) is 30.3 Å². The monoisotopic (exact) mass is 842 g/mol. The Bertz CT molecular complexity index is 2130. The average Bonchev–Trinajstić information content (AvgIpc) is 3.55. The Hall–Kier alpha value is -4.04. The van der Waals surface area contributed by atoms with E-state index in [-0.39, 0.29) is 34.9 Å². The van der Waals surface area contributed by atoms with Crippen molar-refractivity contribution in [2.45, 2.75) is 110 Å². The minimum atomic E-state index is -3.63. The molecule has 0 saturated heterocycles. The number of allylic oxidation sites excluding steroid dienone is 1. The van der Waals surface area contributed by atoms with Crippen LogP contribution in [-0.4, -0.2) is 39.5 Å². The molecule has 3 saturated carbocycles. The van der Waals surface area contributed by atoms with Gasteiger partial charge in [0.05, 0.1) is 24.5 Å². The molecule has 0 radical (unpaired) electrons. The lowest BCUT2D eigenvalue weighted by Crippen LogP contribution is -2.51. The molecule has 61 heavy (non-hydrogen) atoms. The van der Waals surface area contributed by atoms with Gasteiger partial charge in [-0.2, -0.15) is 8.42 Å². The zero-order valence-corrected chi connectivity index (χ0v) is 37.7. The van der Waals surface area contributed by atoms with Gasteiger partial charge >= 0.3 is 5.97 Å². The molecular formula is C54H66O6S. The zero-order chi connectivity index (χ0) is 42.8. The molecule has 4 aromatic carbocycles. The first kappa shape index (κ1) is 43.6. The summed E-state index contributed by atoms with van der Waals surface area (Å²) in [7, 11) is -3.63. The van der Waals surface area contributed by atoms with Crippen molar-refractivity contribution in [2.24, 2.45) is 46.3 Å². The van der Waals surface area contributed by atoms with E-state index in [0.717, 1.165) is 80.9 Å². The fraction of sp³-hybridized carbons (Fsp3) is 0.500. The molecule has 0 bridgehead atoms. The van der Waals surface area contributed by atoms with Gasteiger partial charge in [-0.3, -0.25) is 4.18 Å². The van der Waals surface area contributed by atoms with E-state index in [1.54, 1.807) is 0 Å². The van der Waals surface area contributed by atoms with E-state index in [2.05, 4.69) is 125 Å². The minimum absolute atomic E-state index is 0.00452. The number of benzene rings is 4. The third-order valence-corrected chi connectivity index (χ3v) is 16.4. The van der Waals surface area contributed by atoms with Crippen LogP contribution in [0.4, 0.5) is 0 Å². The second-order valence-corrected chi connectivity index (χ2v) is 21.2. The van der Waals surface area contributed by atoms with Crippen molar-refractivity contribution in [1.82, 2.24) is 0 Å². The first-order valence-electron chi connectivity index (χ1n) is 23.0. The largest absolute Gasteiger partial charge is 0.458 e. The lowest BCUT2D eigenvalue weighted by molar-refractivity contribution is -0.0628. The molecule has 2 unspecified atom stereocenters. The highest BCUT2D eigenvalue weighted by Gasteiger charge is 2.62. The van der Waals surface area contributed by atoms with Crippen LogP contribution in [0, 0.1) is 46.3 Å². The second-order valence-electron chi connectivity index (χ2n) is 19.6. The van der Waals surface area contributed by atoms with Gasteiger partial charge in [-0.1, -0.05) is 161 Å². The molecule has 4 aliphatic rings. The molecule has 0 N–H and O–H groups in total. The highest BCUT2D eigenvalue weighted by atomic mass is 32.2. The molecule has 4 aliphatic carbocycles. The Morgan fingerprint density at radius 3 is 1.92 bits per heavy atom. The minimum Gasteiger partial charge on any atom is -0.458 e. The predicted molar refractivity (Wildman–Crippen MR) is 243 cm³/mol. The van der Waals surface area contributed by atoms with E-state index in [9.17, 15) is 13.2 Å². The third-order valence-electron chi connectivity index (χ3n) is 15.8. The van der Waals surface area contributed by atoms with Crippen LogP contribution in [0.1, 0.15) is 119 Å². The lowest BCUT2D eigenvalue weighted by Gasteiger charge is -2.58. The fourth-order valence-electron chi connectivity index (χ4n) is 13.0. The van der Waals surface area contributed by atoms with E-state index in [1.165, 1.54) is 11.8 Å². The van der Waals surface area contributed by atoms with Crippen LogP contribution in [0.2, 0.25) is 0 Å². The SMILES string of the molecule is CC(CCC[C@@H](C)[C@H]1C(OS(C)(=O)=O)C[C@H]2[C@@H]3CC=C4C[C@H](OC(=O)c5ccccc5)CC[C@]4(C)[C@H]3CC[C@]12C)COC(c1ccccc1)(c1ccccc1)c1ccccc1. The van der Waals surface area contributed by atoms with Gasteiger partial charge in [-0.05, 0) is 120 Å². The molecule has 8 rings (SSSR count). The molecule has 10 atom stereocenters. The summed E-state index contributed by atoms with van der Waals surface area (Å²) >= 11 is 0. The first-order valence-corrected chi connectivity index (χ1v) is 24.8. The number of carbonyl (C=O) groups is 1. The maximum absolute atomic E-state index is 13.0. The molecule has 3 fully saturated rings. The number of carbonyl (C=O) groups excluding carboxylic acids is 1. The smallest absolute Gasteiger partial charge is 0.338 e. The molecule has 0 aromatic heterocycles. The van der Waals surface area contributed by atoms with Crippen molar-refractivity contribution in [3.05, 3.63) is 155 Å². The molecule has 0 aliphatic heterocycles. The van der Waals surface area contributed by atoms with Crippen molar-refractivity contribution in [2.75, 3.05) is 12.9 Å². The van der Waals surface area contributed by atoms with Gasteiger partial charge in [0.15, 0.2) is 0 Å². The summed E-state index contributed by atoms with van der Waals surface area (Å²) in [6.45, 7) is 10.2. The number of esters is 1. The van der Waals surface area contributed by atoms with Crippen LogP contribution in [0.15, 0.2) is 133 Å². The van der Waals surface area contributed by atoms with Crippen LogP contribution >= 0.6 is 0 Å². The summed E-state index contributed by atoms with van der Waals surface area (Å²) in [5, 5.41) is 0. The molecule has 0 amide bonds. The second kappa shape index (κ2) is 18.0. The van der Waals surface area contributed by atoms with E-state index < -0.39 is 15.7 Å². The number of hydrogen-bond acceptors (Lipinski definition) is 6. The topological polar surface area (TPSA) is 78.9 Å². The lowest BCUT2D eigenvalue weighted by atomic mass is 9.47. The Balaban J connectivity index is 0.947. The molecule has 0 heterocycles. The maximum Gasteiger partial charge on any atom is 0.338 e. The molecule has 324 valence electrons. The van der Waals surface area contributed by atoms with Gasteiger partial charge in [0.1, 0.15) is 11.7 Å². The molecule has 7 heteroatoms. The van der Waals surface area contributed by atoms with Crippen LogP contribution in [-0.2, 0) is 29.4 Å². The predicted octanol–water partition coefficient (Wildman–Crippen LogP) is 12.2. The van der Waals surface area contributed by atoms with Crippen LogP contribution in [0.3, 0.4) is 0 Å². The summed E-state index contributed by atoms with van der Waals surface area (Å²) in [5.74, 6) is 1.95. The molecule has 4 aromatic rings. The molecule has 6 nitrogen and oxygen atoms in total. The number of fused-ring (bicyclic) bond motifs is 5. The van der Waals surface area contributed by atoms with Gasteiger partial charge in [-0.15, -0.1) is 0 Å². The number of ether oxygens (including phenoxy) is 2. The van der Waals surface area contributed by atoms with E-state index in [4.69, 9.17) is 13.7 Å². The average molecular weight is 843 g/mol. The van der Waals surface area contributed by atoms with Gasteiger partial charge < -0.3 is 9.47 Å². The summed E-state index contributed by atoms with van der Waals surface area (Å²) in [4.78, 5) is 13.0. The normalized spacial score (nSPS) is 29.6. The van der Waals surface area contributed by atoms with Crippen molar-refractivity contribution < 1.29 is 26.9 Å². The summed E-state index contributed by atoms with van der Waals surface area (Å²) in [5.41, 5.74) is 4.71. The van der Waals surface area contributed by atoms with Gasteiger partial charge in [-0.25, -0.2) is 4.79 Å². The Morgan fingerprint density at radius 1 is 0.770 bits per heavy atom. The van der Waals surface area contributed by atoms with Crippen LogP contribution in [0.5, 0.6) is 0 Å². The molecular weight excluding hydrogens is 777 g/mol. The maximum atomic E-state index is 13.0. The van der Waals surface area contributed by atoms with Gasteiger partial charge in [0.25, 0.3) is 10.1 Å². The Labute approximate surface area is 365 Å². The van der Waals surface area contributed by atoms with Gasteiger partial charge in [0.2, 0.25) is 0 Å². The van der Waals surface area contributed by atoms with Crippen LogP contribution in [0.25, 0.3) is 0 Å². The number of hydrogen-bond donors (Lipinski definition) is 0. The van der Waals surface area contributed by atoms with Crippen molar-refractivity contribution in [1.29, 1.82) is 0 Å². The van der Waals surface area contributed by atoms with Gasteiger partial charge in [0, 0.05) is 6.42 Å². The standard InChI is InChI=1S/C54H66O6S/c1-38(37-58-54(41-23-12-7-13-24-41,42-25-14-8-15-26-42)43-27-16-9-17-28-43)19-18-20-39(2)50-49(60-61(5,56)57)36-48-46-30-29-44-35-45(59-51(55)40-21-10-6-11-22-40)31-33-52(44,3)47(46)32-34-53(48,50)4/h6-17,21-29,38-39,45-50H,18-20,30-37H2,1-5H3/t38?,39-,45-,46-,47+,48+,49?,50+,52+,53+/m1/s1. The van der Waals surface area contributed by atoms with Crippen molar-refractivity contribution in [3.63, 3.8) is 0 Å². The van der Waals surface area contributed by atoms with E-state index in [0.29, 0.717) is 41.8 Å². The van der Waals surface area contributed by atoms with Crippen molar-refractivity contribution >= 4 is 16.1 Å². The van der Waals surface area contributed by atoms with Crippen molar-refractivity contribution in [3.8, 4) is 0 Å². The highest BCUT2D eigenvalue weighted by molar-refractivity contribution is 7.86. The zero-order valence-electron chi connectivity index (χ0n) is 36.9. The highest BCUT2D eigenvalue weighted by Crippen LogP contribution is 2.68. The number of rotatable bonds is 15. The Kier molecular flexibility index (Phi) is 12.9. The summed E-state index contributed by atoms with van der Waals surface area (Å²) in [6, 6.07) is 41.0. The van der Waals surface area contributed by atoms with Crippen LogP contribution < -0.4 is 0 Å². The molecule has 0 spiro atoms. The Morgan fingerprint density at radius 2 is 1.34 bits per heavy atom. The first-order chi connectivity index (χ1) is 29.3. The summed E-state index contributed by atoms with van der Waals surface area (Å²) in [6.07, 6.45) is 13.0. The summed E-state index contributed by atoms with van der Waals surface area (Å²) < 4.78 is 45.1.